The minimum Gasteiger partial charge on any atom is -0.337 e. The molecule has 1 amide bonds. The van der Waals surface area contributed by atoms with Gasteiger partial charge in [-0.1, -0.05) is 47.5 Å². The van der Waals surface area contributed by atoms with E-state index in [-0.39, 0.29) is 11.5 Å². The molecule has 0 aliphatic carbocycles. The Kier molecular flexibility index (Phi) is 5.46. The number of hydrogen-bond acceptors (Lipinski definition) is 4. The lowest BCUT2D eigenvalue weighted by Gasteiger charge is -2.25. The Hall–Kier alpha value is -3.16. The van der Waals surface area contributed by atoms with Crippen LogP contribution in [0, 0.1) is 6.92 Å². The number of carbonyl (C=O) groups excluding carboxylic acids is 1. The van der Waals surface area contributed by atoms with E-state index in [2.05, 4.69) is 0 Å². The first-order chi connectivity index (χ1) is 15.8. The van der Waals surface area contributed by atoms with Crippen molar-refractivity contribution in [1.29, 1.82) is 0 Å². The predicted octanol–water partition coefficient (Wildman–Crippen LogP) is 4.13. The van der Waals surface area contributed by atoms with Crippen molar-refractivity contribution in [3.8, 4) is 5.69 Å². The third-order valence-electron chi connectivity index (χ3n) is 6.06. The number of carbonyl (C=O) groups is 1. The Balaban J connectivity index is 1.81. The van der Waals surface area contributed by atoms with Gasteiger partial charge in [-0.25, -0.2) is 9.36 Å². The van der Waals surface area contributed by atoms with Crippen molar-refractivity contribution in [3.05, 3.63) is 96.0 Å². The molecule has 6 nitrogen and oxygen atoms in total. The van der Waals surface area contributed by atoms with Crippen LogP contribution in [0.4, 0.5) is 0 Å². The highest BCUT2D eigenvalue weighted by atomic mass is 35.5. The van der Waals surface area contributed by atoms with Crippen LogP contribution in [-0.4, -0.2) is 26.5 Å². The van der Waals surface area contributed by atoms with Gasteiger partial charge in [-0.15, -0.1) is 11.3 Å². The summed E-state index contributed by atoms with van der Waals surface area (Å²) >= 11 is 7.62. The van der Waals surface area contributed by atoms with E-state index in [1.54, 1.807) is 40.7 Å². The van der Waals surface area contributed by atoms with Gasteiger partial charge in [0.25, 0.3) is 5.56 Å². The number of halogens is 1. The minimum absolute atomic E-state index is 0.00611. The summed E-state index contributed by atoms with van der Waals surface area (Å²) in [4.78, 5) is 42.8. The number of fused-ring (bicyclic) bond motifs is 3. The monoisotopic (exact) mass is 479 g/mol. The number of thiophene rings is 1. The van der Waals surface area contributed by atoms with E-state index in [4.69, 9.17) is 11.6 Å². The zero-order valence-electron chi connectivity index (χ0n) is 18.3. The third-order valence-corrected chi connectivity index (χ3v) is 7.53. The third kappa shape index (κ3) is 3.81. The molecule has 0 spiro atoms. The lowest BCUT2D eigenvalue weighted by atomic mass is 10.1. The molecule has 0 N–H and O–H groups in total. The molecule has 1 aliphatic rings. The Bertz CT molecular complexity index is 1530. The van der Waals surface area contributed by atoms with Gasteiger partial charge in [-0.3, -0.25) is 14.2 Å². The number of amides is 1. The van der Waals surface area contributed by atoms with E-state index >= 15 is 0 Å². The first-order valence-electron chi connectivity index (χ1n) is 10.7. The standard InChI is InChI=1S/C25H22ClN3O3S/c1-15-5-3-6-17(11-15)13-28-24-22(20-9-10-27(16(2)30)14-21(20)33-24)23(31)29(25(28)32)19-8-4-7-18(26)12-19/h3-8,11-12H,9-10,13-14H2,1-2H3. The van der Waals surface area contributed by atoms with Crippen molar-refractivity contribution in [3.63, 3.8) is 0 Å². The summed E-state index contributed by atoms with van der Waals surface area (Å²) in [6.45, 7) is 4.92. The molecule has 0 fully saturated rings. The van der Waals surface area contributed by atoms with Crippen LogP contribution in [0.1, 0.15) is 28.5 Å². The van der Waals surface area contributed by atoms with Crippen LogP contribution in [0.25, 0.3) is 15.9 Å². The van der Waals surface area contributed by atoms with Crippen molar-refractivity contribution >= 4 is 39.1 Å². The lowest BCUT2D eigenvalue weighted by molar-refractivity contribution is -0.129. The maximum absolute atomic E-state index is 13.7. The van der Waals surface area contributed by atoms with Crippen LogP contribution in [0.5, 0.6) is 0 Å². The van der Waals surface area contributed by atoms with E-state index in [1.807, 2.05) is 31.2 Å². The zero-order valence-corrected chi connectivity index (χ0v) is 19.9. The average molecular weight is 480 g/mol. The van der Waals surface area contributed by atoms with Crippen LogP contribution >= 0.6 is 22.9 Å². The number of hydrogen-bond donors (Lipinski definition) is 0. The van der Waals surface area contributed by atoms with Crippen molar-refractivity contribution in [2.75, 3.05) is 6.54 Å². The molecule has 4 aromatic rings. The summed E-state index contributed by atoms with van der Waals surface area (Å²) in [6, 6.07) is 14.8. The van der Waals surface area contributed by atoms with Gasteiger partial charge in [0.1, 0.15) is 4.83 Å². The molecular weight excluding hydrogens is 458 g/mol. The first kappa shape index (κ1) is 21.7. The van der Waals surface area contributed by atoms with Gasteiger partial charge >= 0.3 is 5.69 Å². The summed E-state index contributed by atoms with van der Waals surface area (Å²) in [5.41, 5.74) is 2.71. The number of benzene rings is 2. The molecule has 1 aliphatic heterocycles. The Labute approximate surface area is 199 Å². The minimum atomic E-state index is -0.404. The number of nitrogens with zero attached hydrogens (tertiary/aromatic N) is 3. The normalized spacial score (nSPS) is 13.4. The first-order valence-corrected chi connectivity index (χ1v) is 11.9. The second-order valence-corrected chi connectivity index (χ2v) is 9.87. The molecule has 8 heteroatoms. The molecule has 0 radical (unpaired) electrons. The topological polar surface area (TPSA) is 64.3 Å². The number of rotatable bonds is 3. The Morgan fingerprint density at radius 1 is 1.12 bits per heavy atom. The molecule has 2 aromatic heterocycles. The highest BCUT2D eigenvalue weighted by molar-refractivity contribution is 7.18. The smallest absolute Gasteiger partial charge is 0.337 e. The summed E-state index contributed by atoms with van der Waals surface area (Å²) in [6.07, 6.45) is 0.586. The molecule has 0 saturated carbocycles. The SMILES string of the molecule is CC(=O)N1CCc2c(sc3c2c(=O)n(-c2cccc(Cl)c2)c(=O)n3Cc2cccc(C)c2)C1. The van der Waals surface area contributed by atoms with Gasteiger partial charge in [-0.2, -0.15) is 0 Å². The van der Waals surface area contributed by atoms with Crippen LogP contribution in [-0.2, 0) is 24.3 Å². The van der Waals surface area contributed by atoms with Crippen LogP contribution < -0.4 is 11.2 Å². The van der Waals surface area contributed by atoms with Gasteiger partial charge < -0.3 is 4.90 Å². The molecule has 33 heavy (non-hydrogen) atoms. The number of aromatic nitrogens is 2. The van der Waals surface area contributed by atoms with E-state index in [9.17, 15) is 14.4 Å². The molecule has 168 valence electrons. The van der Waals surface area contributed by atoms with Crippen molar-refractivity contribution in [1.82, 2.24) is 14.0 Å². The average Bonchev–Trinajstić information content (AvgIpc) is 3.16. The van der Waals surface area contributed by atoms with E-state index in [1.165, 1.54) is 15.9 Å². The summed E-state index contributed by atoms with van der Waals surface area (Å²) in [7, 11) is 0. The van der Waals surface area contributed by atoms with Crippen LogP contribution in [0.15, 0.2) is 58.1 Å². The summed E-state index contributed by atoms with van der Waals surface area (Å²) < 4.78 is 2.89. The molecule has 3 heterocycles. The van der Waals surface area contributed by atoms with Crippen molar-refractivity contribution in [2.45, 2.75) is 33.4 Å². The molecule has 0 atom stereocenters. The second-order valence-electron chi connectivity index (χ2n) is 8.35. The molecule has 0 bridgehead atoms. The van der Waals surface area contributed by atoms with Gasteiger partial charge in [0.05, 0.1) is 24.2 Å². The van der Waals surface area contributed by atoms with Crippen molar-refractivity contribution < 1.29 is 4.79 Å². The largest absolute Gasteiger partial charge is 0.337 e. The van der Waals surface area contributed by atoms with E-state index in [0.717, 1.165) is 21.6 Å². The highest BCUT2D eigenvalue weighted by Crippen LogP contribution is 2.33. The fraction of sp³-hybridized carbons (Fsp3) is 0.240. The van der Waals surface area contributed by atoms with Crippen LogP contribution in [0.2, 0.25) is 5.02 Å². The van der Waals surface area contributed by atoms with Gasteiger partial charge in [0, 0.05) is 23.4 Å². The quantitative estimate of drug-likeness (QED) is 0.444. The maximum Gasteiger partial charge on any atom is 0.337 e. The van der Waals surface area contributed by atoms with Gasteiger partial charge in [0.15, 0.2) is 0 Å². The highest BCUT2D eigenvalue weighted by Gasteiger charge is 2.27. The summed E-state index contributed by atoms with van der Waals surface area (Å²) in [5.74, 6) is 0.00611. The molecule has 0 unspecified atom stereocenters. The molecule has 2 aromatic carbocycles. The number of aryl methyl sites for hydroxylation is 1. The summed E-state index contributed by atoms with van der Waals surface area (Å²) in [5, 5.41) is 1.01. The van der Waals surface area contributed by atoms with Crippen LogP contribution in [0.3, 0.4) is 0 Å². The van der Waals surface area contributed by atoms with Gasteiger partial charge in [-0.05, 0) is 42.7 Å². The van der Waals surface area contributed by atoms with Gasteiger partial charge in [0.2, 0.25) is 5.91 Å². The fourth-order valence-electron chi connectivity index (χ4n) is 4.45. The molecule has 5 rings (SSSR count). The second kappa shape index (κ2) is 8.32. The molecular formula is C25H22ClN3O3S. The zero-order chi connectivity index (χ0) is 23.3. The predicted molar refractivity (Wildman–Crippen MR) is 132 cm³/mol. The molecule has 0 saturated heterocycles. The Morgan fingerprint density at radius 2 is 1.91 bits per heavy atom. The fourth-order valence-corrected chi connectivity index (χ4v) is 5.98. The Morgan fingerprint density at radius 3 is 2.64 bits per heavy atom. The van der Waals surface area contributed by atoms with E-state index in [0.29, 0.717) is 47.0 Å². The van der Waals surface area contributed by atoms with E-state index < -0.39 is 5.69 Å². The lowest BCUT2D eigenvalue weighted by Crippen LogP contribution is -2.39. The van der Waals surface area contributed by atoms with Crippen molar-refractivity contribution in [2.24, 2.45) is 0 Å². The maximum atomic E-state index is 13.7.